The Hall–Kier alpha value is -2.51. The lowest BCUT2D eigenvalue weighted by Crippen LogP contribution is -2.66. The molecule has 0 aromatic heterocycles. The summed E-state index contributed by atoms with van der Waals surface area (Å²) in [6, 6.07) is -0.888. The number of allylic oxidation sites excluding steroid dienone is 10. The molecule has 3 heterocycles. The van der Waals surface area contributed by atoms with Gasteiger partial charge in [0.1, 0.15) is 73.2 Å². The van der Waals surface area contributed by atoms with Gasteiger partial charge in [-0.1, -0.05) is 396 Å². The maximum absolute atomic E-state index is 13.6. The Labute approximate surface area is 687 Å². The summed E-state index contributed by atoms with van der Waals surface area (Å²) >= 11 is 0. The summed E-state index contributed by atoms with van der Waals surface area (Å²) in [6.45, 7) is 1.76. The molecule has 662 valence electrons. The minimum Gasteiger partial charge on any atom is -0.394 e. The molecule has 3 saturated heterocycles. The van der Waals surface area contributed by atoms with Gasteiger partial charge in [0, 0.05) is 6.42 Å². The molecule has 12 N–H and O–H groups in total. The third-order valence-electron chi connectivity index (χ3n) is 23.4. The number of aliphatic hydroxyl groups excluding tert-OH is 11. The molecule has 0 spiro atoms. The van der Waals surface area contributed by atoms with E-state index in [1.165, 1.54) is 289 Å². The maximum Gasteiger partial charge on any atom is 0.220 e. The van der Waals surface area contributed by atoms with Gasteiger partial charge in [-0.3, -0.25) is 4.79 Å². The van der Waals surface area contributed by atoms with Crippen LogP contribution in [0.1, 0.15) is 399 Å². The van der Waals surface area contributed by atoms with Crippen molar-refractivity contribution in [3.8, 4) is 0 Å². The average Bonchev–Trinajstić information content (AvgIpc) is 0.777. The molecular formula is C94H173NO18. The third-order valence-corrected chi connectivity index (χ3v) is 23.4. The second-order valence-corrected chi connectivity index (χ2v) is 33.5. The first kappa shape index (κ1) is 105. The second-order valence-electron chi connectivity index (χ2n) is 33.5. The number of amides is 1. The van der Waals surface area contributed by atoms with Crippen LogP contribution in [-0.4, -0.2) is 193 Å². The molecule has 19 nitrogen and oxygen atoms in total. The molecule has 113 heavy (non-hydrogen) atoms. The number of carbonyl (C=O) groups excluding carboxylic acids is 1. The van der Waals surface area contributed by atoms with E-state index in [0.29, 0.717) is 12.8 Å². The van der Waals surface area contributed by atoms with E-state index in [-0.39, 0.29) is 18.9 Å². The summed E-state index contributed by atoms with van der Waals surface area (Å²) in [5, 5.41) is 121. The van der Waals surface area contributed by atoms with Crippen LogP contribution < -0.4 is 5.32 Å². The largest absolute Gasteiger partial charge is 0.394 e. The Kier molecular flexibility index (Phi) is 68.0. The van der Waals surface area contributed by atoms with Crippen molar-refractivity contribution in [3.63, 3.8) is 0 Å². The fraction of sp³-hybridized carbons (Fsp3) is 0.883. The normalized spacial score (nSPS) is 25.1. The Morgan fingerprint density at radius 3 is 0.956 bits per heavy atom. The number of unbranched alkanes of at least 4 members (excludes halogenated alkanes) is 51. The summed E-state index contributed by atoms with van der Waals surface area (Å²) in [5.74, 6) is -0.234. The lowest BCUT2D eigenvalue weighted by atomic mass is 9.96. The van der Waals surface area contributed by atoms with E-state index in [2.05, 4.69) is 79.9 Å². The van der Waals surface area contributed by atoms with Crippen LogP contribution in [0.2, 0.25) is 0 Å². The van der Waals surface area contributed by atoms with E-state index < -0.39 is 124 Å². The number of hydrogen-bond donors (Lipinski definition) is 12. The lowest BCUT2D eigenvalue weighted by molar-refractivity contribution is -0.379. The molecule has 0 aromatic carbocycles. The monoisotopic (exact) mass is 1600 g/mol. The zero-order chi connectivity index (χ0) is 81.7. The summed E-state index contributed by atoms with van der Waals surface area (Å²) in [7, 11) is 0. The zero-order valence-corrected chi connectivity index (χ0v) is 71.6. The molecule has 0 saturated carbocycles. The first-order valence-corrected chi connectivity index (χ1v) is 47.0. The number of carbonyl (C=O) groups is 1. The molecule has 3 aliphatic rings. The molecule has 0 radical (unpaired) electrons. The number of hydrogen-bond acceptors (Lipinski definition) is 18. The van der Waals surface area contributed by atoms with E-state index in [1.54, 1.807) is 0 Å². The van der Waals surface area contributed by atoms with Gasteiger partial charge in [0.05, 0.1) is 38.6 Å². The fourth-order valence-electron chi connectivity index (χ4n) is 15.9. The van der Waals surface area contributed by atoms with Crippen molar-refractivity contribution in [2.24, 2.45) is 0 Å². The Morgan fingerprint density at radius 2 is 0.611 bits per heavy atom. The molecular weight excluding hydrogens is 1430 g/mol. The van der Waals surface area contributed by atoms with Crippen LogP contribution in [0.15, 0.2) is 60.8 Å². The number of nitrogens with one attached hydrogen (secondary N) is 1. The van der Waals surface area contributed by atoms with E-state index in [1.807, 2.05) is 0 Å². The van der Waals surface area contributed by atoms with Gasteiger partial charge >= 0.3 is 0 Å². The highest BCUT2D eigenvalue weighted by molar-refractivity contribution is 5.76. The predicted octanol–water partition coefficient (Wildman–Crippen LogP) is 18.5. The van der Waals surface area contributed by atoms with Crippen LogP contribution in [0.3, 0.4) is 0 Å². The third kappa shape index (κ3) is 51.7. The van der Waals surface area contributed by atoms with Gasteiger partial charge in [-0.05, 0) is 57.8 Å². The molecule has 3 fully saturated rings. The van der Waals surface area contributed by atoms with Crippen LogP contribution >= 0.6 is 0 Å². The molecule has 3 rings (SSSR count). The van der Waals surface area contributed by atoms with Crippen molar-refractivity contribution in [2.75, 3.05) is 26.4 Å². The summed E-state index contributed by atoms with van der Waals surface area (Å²) < 4.78 is 34.6. The summed E-state index contributed by atoms with van der Waals surface area (Å²) in [4.78, 5) is 13.6. The van der Waals surface area contributed by atoms with E-state index in [4.69, 9.17) is 28.4 Å². The molecule has 0 bridgehead atoms. The molecule has 19 heteroatoms. The first-order valence-electron chi connectivity index (χ1n) is 47.0. The van der Waals surface area contributed by atoms with Gasteiger partial charge < -0.3 is 89.9 Å². The van der Waals surface area contributed by atoms with Crippen molar-refractivity contribution in [1.29, 1.82) is 0 Å². The molecule has 17 atom stereocenters. The van der Waals surface area contributed by atoms with Gasteiger partial charge in [0.15, 0.2) is 18.9 Å². The van der Waals surface area contributed by atoms with Gasteiger partial charge in [-0.25, -0.2) is 0 Å². The topological polar surface area (TPSA) is 307 Å². The Morgan fingerprint density at radius 1 is 0.327 bits per heavy atom. The Bertz CT molecular complexity index is 2270. The molecule has 0 aliphatic carbocycles. The first-order chi connectivity index (χ1) is 55.3. The van der Waals surface area contributed by atoms with Gasteiger partial charge in [0.2, 0.25) is 5.91 Å². The van der Waals surface area contributed by atoms with Crippen molar-refractivity contribution in [1.82, 2.24) is 5.32 Å². The predicted molar refractivity (Wildman–Crippen MR) is 457 cm³/mol. The molecule has 1 amide bonds. The van der Waals surface area contributed by atoms with Crippen LogP contribution in [0.4, 0.5) is 0 Å². The number of rotatable bonds is 77. The highest BCUT2D eigenvalue weighted by atomic mass is 16.8. The summed E-state index contributed by atoms with van der Waals surface area (Å²) in [6.07, 6.45) is 70.6. The van der Waals surface area contributed by atoms with Gasteiger partial charge in [0.25, 0.3) is 0 Å². The highest BCUT2D eigenvalue weighted by Crippen LogP contribution is 2.34. The molecule has 3 aliphatic heterocycles. The van der Waals surface area contributed by atoms with Crippen LogP contribution in [0.25, 0.3) is 0 Å². The van der Waals surface area contributed by atoms with Gasteiger partial charge in [-0.2, -0.15) is 0 Å². The van der Waals surface area contributed by atoms with Crippen molar-refractivity contribution < 1.29 is 89.4 Å². The van der Waals surface area contributed by atoms with Gasteiger partial charge in [-0.15, -0.1) is 0 Å². The fourth-order valence-corrected chi connectivity index (χ4v) is 15.9. The number of ether oxygens (including phenoxy) is 6. The minimum absolute atomic E-state index is 0.234. The SMILES string of the molecule is CC/C=C\C/C=C\C/C=C\C/C=C\C/C=C\CCCCCCCCCCCCCCCCCCCCCCCCCCCC(=O)NC(COC1OC(CO)C(OC2OC(CO)C(OC3OC(CO)C(O)C(O)C3O)C(O)C2O)C(O)C1O)C(O)CCCCCCCCCCCCCCCCCCCCCCCCCCCCC. The van der Waals surface area contributed by atoms with E-state index in [9.17, 15) is 61.0 Å². The zero-order valence-electron chi connectivity index (χ0n) is 71.6. The van der Waals surface area contributed by atoms with E-state index in [0.717, 1.165) is 77.0 Å². The quantitative estimate of drug-likeness (QED) is 0.0199. The van der Waals surface area contributed by atoms with Crippen LogP contribution in [-0.2, 0) is 33.2 Å². The lowest BCUT2D eigenvalue weighted by Gasteiger charge is -2.48. The highest BCUT2D eigenvalue weighted by Gasteiger charge is 2.54. The van der Waals surface area contributed by atoms with Crippen LogP contribution in [0.5, 0.6) is 0 Å². The smallest absolute Gasteiger partial charge is 0.220 e. The van der Waals surface area contributed by atoms with Crippen molar-refractivity contribution >= 4 is 5.91 Å². The van der Waals surface area contributed by atoms with Crippen LogP contribution in [0, 0.1) is 0 Å². The van der Waals surface area contributed by atoms with Crippen molar-refractivity contribution in [2.45, 2.75) is 503 Å². The Balaban J connectivity index is 1.28. The standard InChI is InChI=1S/C94H173NO18/c1-3-5-7-9-11-13-15-17-19-21-23-25-27-29-31-32-33-34-35-36-37-38-39-40-41-42-43-44-46-48-50-52-54-56-58-60-62-64-66-68-70-72-82(100)95-77(78(99)71-69-67-65-63-61-59-57-55-53-51-49-47-45-30-28-26-24-22-20-18-16-14-12-10-8-6-4-2)76-108-92-88(106)85(103)90(80(74-97)110-92)113-94-89(107)86(104)91(81(75-98)111-94)112-93-87(105)84(102)83(101)79(73-96)109-93/h5,7,11,13,17,19,23,25,29,31,77-81,83-94,96-99,101-107H,3-4,6,8-10,12,14-16,18,20-22,24,26-28,30,32-76H2,1-2H3,(H,95,100)/b7-5-,13-11-,19-17-,25-23-,31-29-. The average molecular weight is 1610 g/mol. The summed E-state index contributed by atoms with van der Waals surface area (Å²) in [5.41, 5.74) is 0. The van der Waals surface area contributed by atoms with E-state index >= 15 is 0 Å². The molecule has 17 unspecified atom stereocenters. The number of aliphatic hydroxyl groups is 11. The van der Waals surface area contributed by atoms with Crippen molar-refractivity contribution in [3.05, 3.63) is 60.8 Å². The minimum atomic E-state index is -1.97. The second kappa shape index (κ2) is 73.4. The molecule has 0 aromatic rings. The maximum atomic E-state index is 13.6.